The summed E-state index contributed by atoms with van der Waals surface area (Å²) in [6.07, 6.45) is -10.8. The van der Waals surface area contributed by atoms with Crippen molar-refractivity contribution < 1.29 is 31.1 Å². The zero-order valence-corrected chi connectivity index (χ0v) is 13.6. The first kappa shape index (κ1) is 20.3. The number of carbonyl (C=O) groups is 1. The molecule has 0 N–H and O–H groups in total. The minimum absolute atomic E-state index is 0.0141. The third-order valence-corrected chi connectivity index (χ3v) is 3.68. The van der Waals surface area contributed by atoms with Crippen LogP contribution in [0.15, 0.2) is 48.5 Å². The summed E-state index contributed by atoms with van der Waals surface area (Å²) in [5, 5.41) is 8.87. The molecule has 0 bridgehead atoms. The zero-order valence-electron chi connectivity index (χ0n) is 13.6. The highest BCUT2D eigenvalue weighted by atomic mass is 19.4. The van der Waals surface area contributed by atoms with E-state index in [2.05, 4.69) is 0 Å². The second kappa shape index (κ2) is 7.70. The second-order valence-corrected chi connectivity index (χ2v) is 5.52. The highest BCUT2D eigenvalue weighted by Gasteiger charge is 2.38. The van der Waals surface area contributed by atoms with Crippen LogP contribution in [0, 0.1) is 11.3 Å². The molecule has 1 amide bonds. The minimum atomic E-state index is -5.07. The molecule has 2 aromatic rings. The van der Waals surface area contributed by atoms with Crippen LogP contribution in [0.2, 0.25) is 0 Å². The van der Waals surface area contributed by atoms with Gasteiger partial charge in [-0.2, -0.15) is 31.6 Å². The van der Waals surface area contributed by atoms with Crippen LogP contribution in [-0.2, 0) is 23.6 Å². The average molecular weight is 386 g/mol. The number of anilines is 1. The van der Waals surface area contributed by atoms with E-state index in [0.29, 0.717) is 17.8 Å². The lowest BCUT2D eigenvalue weighted by Crippen LogP contribution is -2.33. The standard InChI is InChI=1S/C18H12F6N2O/c19-17(20,21)13-7-6-12(15(11-13)18(22,23)24)10-16(27)26(9-8-25)14-4-2-1-3-5-14/h1-7,11H,9-10H2. The fraction of sp³-hybridized carbons (Fsp3) is 0.222. The number of hydrogen-bond donors (Lipinski definition) is 0. The number of para-hydroxylation sites is 1. The van der Waals surface area contributed by atoms with Gasteiger partial charge in [0.15, 0.2) is 0 Å². The van der Waals surface area contributed by atoms with Crippen LogP contribution in [0.3, 0.4) is 0 Å². The Morgan fingerprint density at radius 3 is 2.11 bits per heavy atom. The molecular formula is C18H12F6N2O. The number of nitriles is 1. The molecule has 142 valence electrons. The number of hydrogen-bond acceptors (Lipinski definition) is 2. The van der Waals surface area contributed by atoms with Crippen LogP contribution in [-0.4, -0.2) is 12.5 Å². The Bertz CT molecular complexity index is 853. The summed E-state index contributed by atoms with van der Waals surface area (Å²) in [4.78, 5) is 13.4. The van der Waals surface area contributed by atoms with Crippen molar-refractivity contribution in [1.29, 1.82) is 5.26 Å². The molecule has 0 atom stereocenters. The van der Waals surface area contributed by atoms with E-state index in [1.54, 1.807) is 24.3 Å². The monoisotopic (exact) mass is 386 g/mol. The summed E-state index contributed by atoms with van der Waals surface area (Å²) in [7, 11) is 0. The van der Waals surface area contributed by atoms with Crippen molar-refractivity contribution in [2.45, 2.75) is 18.8 Å². The summed E-state index contributed by atoms with van der Waals surface area (Å²) in [5.74, 6) is -0.840. The smallest absolute Gasteiger partial charge is 0.298 e. The lowest BCUT2D eigenvalue weighted by molar-refractivity contribution is -0.143. The maximum Gasteiger partial charge on any atom is 0.416 e. The number of rotatable bonds is 4. The van der Waals surface area contributed by atoms with E-state index < -0.39 is 47.9 Å². The second-order valence-electron chi connectivity index (χ2n) is 5.52. The summed E-state index contributed by atoms with van der Waals surface area (Å²) in [5.41, 5.74) is -3.29. The fourth-order valence-electron chi connectivity index (χ4n) is 2.43. The zero-order chi connectivity index (χ0) is 20.2. The van der Waals surface area contributed by atoms with Gasteiger partial charge in [-0.3, -0.25) is 9.69 Å². The van der Waals surface area contributed by atoms with Gasteiger partial charge in [-0.05, 0) is 29.8 Å². The van der Waals surface area contributed by atoms with Gasteiger partial charge in [0.25, 0.3) is 0 Å². The van der Waals surface area contributed by atoms with Crippen molar-refractivity contribution in [2.24, 2.45) is 0 Å². The third-order valence-electron chi connectivity index (χ3n) is 3.68. The third kappa shape index (κ3) is 5.00. The summed E-state index contributed by atoms with van der Waals surface area (Å²) < 4.78 is 77.7. The Hall–Kier alpha value is -3.02. The van der Waals surface area contributed by atoms with Gasteiger partial charge >= 0.3 is 12.4 Å². The van der Waals surface area contributed by atoms with Crippen molar-refractivity contribution >= 4 is 11.6 Å². The number of alkyl halides is 6. The Kier molecular flexibility index (Phi) is 5.78. The van der Waals surface area contributed by atoms with Crippen LogP contribution in [0.4, 0.5) is 32.0 Å². The predicted octanol–water partition coefficient (Wildman–Crippen LogP) is 4.82. The molecule has 0 saturated heterocycles. The van der Waals surface area contributed by atoms with E-state index in [1.807, 2.05) is 0 Å². The van der Waals surface area contributed by atoms with E-state index in [1.165, 1.54) is 12.1 Å². The minimum Gasteiger partial charge on any atom is -0.298 e. The molecule has 0 spiro atoms. The lowest BCUT2D eigenvalue weighted by atomic mass is 10.00. The molecule has 0 fully saturated rings. The van der Waals surface area contributed by atoms with Crippen molar-refractivity contribution in [3.05, 3.63) is 65.2 Å². The number of halogens is 6. The first-order valence-corrected chi connectivity index (χ1v) is 7.53. The number of carbonyl (C=O) groups excluding carboxylic acids is 1. The van der Waals surface area contributed by atoms with Crippen molar-refractivity contribution in [2.75, 3.05) is 11.4 Å². The van der Waals surface area contributed by atoms with Crippen molar-refractivity contribution in [3.8, 4) is 6.07 Å². The average Bonchev–Trinajstić information content (AvgIpc) is 2.58. The molecule has 9 heteroatoms. The molecule has 2 aromatic carbocycles. The van der Waals surface area contributed by atoms with E-state index in [-0.39, 0.29) is 6.07 Å². The largest absolute Gasteiger partial charge is 0.416 e. The molecule has 0 aromatic heterocycles. The molecule has 27 heavy (non-hydrogen) atoms. The van der Waals surface area contributed by atoms with Crippen molar-refractivity contribution in [1.82, 2.24) is 0 Å². The van der Waals surface area contributed by atoms with Gasteiger partial charge in [0, 0.05) is 5.69 Å². The summed E-state index contributed by atoms with van der Waals surface area (Å²) in [6, 6.07) is 10.6. The molecule has 0 aliphatic heterocycles. The van der Waals surface area contributed by atoms with Gasteiger partial charge in [0.05, 0.1) is 23.6 Å². The van der Waals surface area contributed by atoms with Crippen LogP contribution in [0.1, 0.15) is 16.7 Å². The predicted molar refractivity (Wildman–Crippen MR) is 84.6 cm³/mol. The molecule has 2 rings (SSSR count). The number of amides is 1. The van der Waals surface area contributed by atoms with Crippen LogP contribution in [0.5, 0.6) is 0 Å². The van der Waals surface area contributed by atoms with E-state index in [9.17, 15) is 31.1 Å². The van der Waals surface area contributed by atoms with Crippen LogP contribution >= 0.6 is 0 Å². The van der Waals surface area contributed by atoms with Gasteiger partial charge in [-0.1, -0.05) is 24.3 Å². The highest BCUT2D eigenvalue weighted by Crippen LogP contribution is 2.37. The summed E-state index contributed by atoms with van der Waals surface area (Å²) in [6.45, 7) is -0.412. The Balaban J connectivity index is 2.40. The molecular weight excluding hydrogens is 374 g/mol. The van der Waals surface area contributed by atoms with Gasteiger partial charge in [-0.15, -0.1) is 0 Å². The van der Waals surface area contributed by atoms with E-state index >= 15 is 0 Å². The van der Waals surface area contributed by atoms with Gasteiger partial charge in [0.2, 0.25) is 5.91 Å². The molecule has 0 unspecified atom stereocenters. The van der Waals surface area contributed by atoms with Gasteiger partial charge in [0.1, 0.15) is 6.54 Å². The first-order chi connectivity index (χ1) is 12.5. The van der Waals surface area contributed by atoms with Crippen LogP contribution in [0.25, 0.3) is 0 Å². The van der Waals surface area contributed by atoms with Crippen molar-refractivity contribution in [3.63, 3.8) is 0 Å². The molecule has 0 heterocycles. The SMILES string of the molecule is N#CCN(C(=O)Cc1ccc(C(F)(F)F)cc1C(F)(F)F)c1ccccc1. The number of benzene rings is 2. The Morgan fingerprint density at radius 2 is 1.59 bits per heavy atom. The number of nitrogens with zero attached hydrogens (tertiary/aromatic N) is 2. The summed E-state index contributed by atoms with van der Waals surface area (Å²) >= 11 is 0. The van der Waals surface area contributed by atoms with E-state index in [4.69, 9.17) is 5.26 Å². The fourth-order valence-corrected chi connectivity index (χ4v) is 2.43. The molecule has 0 aliphatic carbocycles. The molecule has 3 nitrogen and oxygen atoms in total. The molecule has 0 aliphatic rings. The topological polar surface area (TPSA) is 44.1 Å². The Labute approximate surface area is 150 Å². The van der Waals surface area contributed by atoms with Gasteiger partial charge in [-0.25, -0.2) is 0 Å². The van der Waals surface area contributed by atoms with Crippen LogP contribution < -0.4 is 4.90 Å². The maximum atomic E-state index is 13.2. The molecule has 0 saturated carbocycles. The first-order valence-electron chi connectivity index (χ1n) is 7.53. The molecule has 0 radical (unpaired) electrons. The quantitative estimate of drug-likeness (QED) is 0.558. The highest BCUT2D eigenvalue weighted by molar-refractivity contribution is 5.95. The maximum absolute atomic E-state index is 13.2. The Morgan fingerprint density at radius 1 is 0.963 bits per heavy atom. The normalized spacial score (nSPS) is 11.7. The van der Waals surface area contributed by atoms with E-state index in [0.717, 1.165) is 4.90 Å². The van der Waals surface area contributed by atoms with Gasteiger partial charge < -0.3 is 0 Å². The lowest BCUT2D eigenvalue weighted by Gasteiger charge is -2.21.